The number of H-pyrrole nitrogens is 2. The van der Waals surface area contributed by atoms with Crippen LogP contribution in [0, 0.1) is 0 Å². The Balaban J connectivity index is 2.66. The van der Waals surface area contributed by atoms with Crippen molar-refractivity contribution in [3.63, 3.8) is 0 Å². The highest BCUT2D eigenvalue weighted by Gasteiger charge is 2.08. The van der Waals surface area contributed by atoms with Gasteiger partial charge in [0.2, 0.25) is 0 Å². The van der Waals surface area contributed by atoms with Crippen molar-refractivity contribution in [1.29, 1.82) is 0 Å². The van der Waals surface area contributed by atoms with Crippen LogP contribution in [0.1, 0.15) is 19.8 Å². The molecule has 2 aromatic rings. The Morgan fingerprint density at radius 2 is 2.27 bits per heavy atom. The monoisotopic (exact) mass is 208 g/mol. The molecular weight excluding hydrogens is 196 g/mol. The minimum atomic E-state index is -0.416. The molecule has 2 rings (SSSR count). The van der Waals surface area contributed by atoms with Crippen LogP contribution < -0.4 is 11.2 Å². The van der Waals surface area contributed by atoms with E-state index in [4.69, 9.17) is 0 Å². The number of hydrogen-bond donors (Lipinski definition) is 2. The lowest BCUT2D eigenvalue weighted by atomic mass is 10.3. The van der Waals surface area contributed by atoms with Crippen LogP contribution in [0.15, 0.2) is 15.9 Å². The lowest BCUT2D eigenvalue weighted by Crippen LogP contribution is -2.30. The molecule has 0 aromatic carbocycles. The quantitative estimate of drug-likeness (QED) is 0.756. The van der Waals surface area contributed by atoms with Crippen molar-refractivity contribution >= 4 is 11.2 Å². The SMILES string of the molecule is CCCCn1c(=O)[nH]c(=O)c2[nH]cnc21. The lowest BCUT2D eigenvalue weighted by Gasteiger charge is -2.03. The number of nitrogens with zero attached hydrogens (tertiary/aromatic N) is 2. The van der Waals surface area contributed by atoms with Crippen LogP contribution in [-0.4, -0.2) is 19.5 Å². The first kappa shape index (κ1) is 9.70. The molecule has 0 saturated heterocycles. The zero-order valence-corrected chi connectivity index (χ0v) is 8.41. The molecule has 0 unspecified atom stereocenters. The van der Waals surface area contributed by atoms with Gasteiger partial charge < -0.3 is 4.98 Å². The summed E-state index contributed by atoms with van der Waals surface area (Å²) >= 11 is 0. The van der Waals surface area contributed by atoms with Crippen LogP contribution in [0.4, 0.5) is 0 Å². The molecule has 0 fully saturated rings. The third-order valence-electron chi connectivity index (χ3n) is 2.30. The van der Waals surface area contributed by atoms with Gasteiger partial charge in [-0.3, -0.25) is 14.3 Å². The van der Waals surface area contributed by atoms with E-state index < -0.39 is 11.2 Å². The van der Waals surface area contributed by atoms with E-state index in [2.05, 4.69) is 15.0 Å². The van der Waals surface area contributed by atoms with Gasteiger partial charge in [0, 0.05) is 6.54 Å². The third kappa shape index (κ3) is 1.58. The number of aryl methyl sites for hydroxylation is 1. The number of aromatic nitrogens is 4. The summed E-state index contributed by atoms with van der Waals surface area (Å²) in [6, 6.07) is 0. The van der Waals surface area contributed by atoms with Crippen LogP contribution in [0.5, 0.6) is 0 Å². The number of hydrogen-bond acceptors (Lipinski definition) is 3. The molecular formula is C9H12N4O2. The minimum Gasteiger partial charge on any atom is -0.339 e. The van der Waals surface area contributed by atoms with Crippen molar-refractivity contribution < 1.29 is 0 Å². The molecule has 0 atom stereocenters. The van der Waals surface area contributed by atoms with Crippen molar-refractivity contribution in [1.82, 2.24) is 19.5 Å². The topological polar surface area (TPSA) is 83.5 Å². The summed E-state index contributed by atoms with van der Waals surface area (Å²) in [6.45, 7) is 2.62. The Morgan fingerprint density at radius 1 is 1.47 bits per heavy atom. The number of nitrogens with one attached hydrogen (secondary N) is 2. The Hall–Kier alpha value is -1.85. The molecule has 0 radical (unpaired) electrons. The van der Waals surface area contributed by atoms with Crippen LogP contribution >= 0.6 is 0 Å². The molecule has 6 nitrogen and oxygen atoms in total. The number of imidazole rings is 1. The average Bonchev–Trinajstić information content (AvgIpc) is 2.66. The van der Waals surface area contributed by atoms with Crippen LogP contribution in [0.3, 0.4) is 0 Å². The van der Waals surface area contributed by atoms with E-state index in [0.29, 0.717) is 17.7 Å². The maximum Gasteiger partial charge on any atom is 0.330 e. The molecule has 0 aliphatic carbocycles. The van der Waals surface area contributed by atoms with Crippen molar-refractivity contribution in [2.45, 2.75) is 26.3 Å². The fourth-order valence-corrected chi connectivity index (χ4v) is 1.51. The maximum absolute atomic E-state index is 11.5. The predicted octanol–water partition coefficient (Wildman–Crippen LogP) is 0.213. The van der Waals surface area contributed by atoms with Gasteiger partial charge in [0.1, 0.15) is 5.52 Å². The highest BCUT2D eigenvalue weighted by Crippen LogP contribution is 2.01. The van der Waals surface area contributed by atoms with Gasteiger partial charge in [-0.25, -0.2) is 9.78 Å². The van der Waals surface area contributed by atoms with Gasteiger partial charge in [0.15, 0.2) is 5.65 Å². The Morgan fingerprint density at radius 3 is 3.00 bits per heavy atom. The first-order valence-electron chi connectivity index (χ1n) is 4.90. The second-order valence-corrected chi connectivity index (χ2v) is 3.37. The highest BCUT2D eigenvalue weighted by molar-refractivity contribution is 5.68. The van der Waals surface area contributed by atoms with Crippen molar-refractivity contribution in [2.75, 3.05) is 0 Å². The average molecular weight is 208 g/mol. The molecule has 2 aromatic heterocycles. The van der Waals surface area contributed by atoms with Gasteiger partial charge in [-0.2, -0.15) is 0 Å². The molecule has 0 amide bonds. The molecule has 2 heterocycles. The van der Waals surface area contributed by atoms with E-state index in [1.54, 1.807) is 0 Å². The van der Waals surface area contributed by atoms with E-state index in [-0.39, 0.29) is 0 Å². The van der Waals surface area contributed by atoms with Crippen molar-refractivity contribution in [3.05, 3.63) is 27.2 Å². The van der Waals surface area contributed by atoms with Gasteiger partial charge in [0.25, 0.3) is 5.56 Å². The van der Waals surface area contributed by atoms with Gasteiger partial charge >= 0.3 is 5.69 Å². The summed E-state index contributed by atoms with van der Waals surface area (Å²) in [4.78, 5) is 31.8. The van der Waals surface area contributed by atoms with Crippen LogP contribution in [0.2, 0.25) is 0 Å². The molecule has 15 heavy (non-hydrogen) atoms. The standard InChI is InChI=1S/C9H12N4O2/c1-2-3-4-13-7-6(10-5-11-7)8(14)12-9(13)15/h5H,2-4H2,1H3,(H,10,11)(H,12,14,15). The van der Waals surface area contributed by atoms with Crippen molar-refractivity contribution in [2.24, 2.45) is 0 Å². The highest BCUT2D eigenvalue weighted by atomic mass is 16.2. The summed E-state index contributed by atoms with van der Waals surface area (Å²) in [5, 5.41) is 0. The smallest absolute Gasteiger partial charge is 0.330 e. The number of aromatic amines is 2. The number of rotatable bonds is 3. The largest absolute Gasteiger partial charge is 0.339 e. The Kier molecular flexibility index (Phi) is 2.40. The first-order chi connectivity index (χ1) is 7.24. The van der Waals surface area contributed by atoms with E-state index in [1.165, 1.54) is 10.9 Å². The maximum atomic E-state index is 11.5. The zero-order chi connectivity index (χ0) is 10.8. The second-order valence-electron chi connectivity index (χ2n) is 3.37. The summed E-state index contributed by atoms with van der Waals surface area (Å²) in [7, 11) is 0. The van der Waals surface area contributed by atoms with Gasteiger partial charge in [0.05, 0.1) is 6.33 Å². The van der Waals surface area contributed by atoms with Gasteiger partial charge in [-0.1, -0.05) is 13.3 Å². The molecule has 0 aliphatic heterocycles. The number of fused-ring (bicyclic) bond motifs is 1. The molecule has 2 N–H and O–H groups in total. The molecule has 0 saturated carbocycles. The fourth-order valence-electron chi connectivity index (χ4n) is 1.51. The predicted molar refractivity (Wildman–Crippen MR) is 55.9 cm³/mol. The molecule has 0 aliphatic rings. The third-order valence-corrected chi connectivity index (χ3v) is 2.30. The summed E-state index contributed by atoms with van der Waals surface area (Å²) in [5.74, 6) is 0. The normalized spacial score (nSPS) is 11.0. The van der Waals surface area contributed by atoms with E-state index in [0.717, 1.165) is 12.8 Å². The van der Waals surface area contributed by atoms with Crippen LogP contribution in [-0.2, 0) is 6.54 Å². The first-order valence-corrected chi connectivity index (χ1v) is 4.90. The lowest BCUT2D eigenvalue weighted by molar-refractivity contribution is 0.613. The molecule has 0 bridgehead atoms. The summed E-state index contributed by atoms with van der Waals surface area (Å²) in [6.07, 6.45) is 3.28. The second kappa shape index (κ2) is 3.72. The molecule has 80 valence electrons. The molecule has 6 heteroatoms. The molecule has 0 spiro atoms. The van der Waals surface area contributed by atoms with Gasteiger partial charge in [-0.15, -0.1) is 0 Å². The summed E-state index contributed by atoms with van der Waals surface area (Å²) < 4.78 is 1.48. The fraction of sp³-hybridized carbons (Fsp3) is 0.444. The van der Waals surface area contributed by atoms with Crippen molar-refractivity contribution in [3.8, 4) is 0 Å². The van der Waals surface area contributed by atoms with Gasteiger partial charge in [-0.05, 0) is 6.42 Å². The Labute approximate surface area is 85.0 Å². The van der Waals surface area contributed by atoms with E-state index in [1.807, 2.05) is 6.92 Å². The van der Waals surface area contributed by atoms with E-state index >= 15 is 0 Å². The zero-order valence-electron chi connectivity index (χ0n) is 8.41. The minimum absolute atomic E-state index is 0.353. The summed E-state index contributed by atoms with van der Waals surface area (Å²) in [5.41, 5.74) is -0.0313. The van der Waals surface area contributed by atoms with E-state index in [9.17, 15) is 9.59 Å². The Bertz CT molecular complexity index is 578. The van der Waals surface area contributed by atoms with Crippen LogP contribution in [0.25, 0.3) is 11.2 Å². The number of unbranched alkanes of at least 4 members (excludes halogenated alkanes) is 1.